The molecule has 0 aliphatic rings. The van der Waals surface area contributed by atoms with E-state index in [2.05, 4.69) is 20.8 Å². The number of benzene rings is 2. The third-order valence-electron chi connectivity index (χ3n) is 4.36. The highest BCUT2D eigenvalue weighted by Crippen LogP contribution is 2.26. The Morgan fingerprint density at radius 3 is 2.41 bits per heavy atom. The van der Waals surface area contributed by atoms with Crippen molar-refractivity contribution in [2.24, 2.45) is 5.10 Å². The molecular weight excluding hydrogens is 408 g/mol. The quantitative estimate of drug-likeness (QED) is 0.325. The second-order valence-corrected chi connectivity index (χ2v) is 6.47. The van der Waals surface area contributed by atoms with Crippen LogP contribution in [0.1, 0.15) is 21.5 Å². The second-order valence-electron chi connectivity index (χ2n) is 6.47. The van der Waals surface area contributed by atoms with E-state index in [1.54, 1.807) is 80.2 Å². The summed E-state index contributed by atoms with van der Waals surface area (Å²) in [7, 11) is 3.05. The van der Waals surface area contributed by atoms with Crippen molar-refractivity contribution in [2.45, 2.75) is 0 Å². The topological polar surface area (TPSA) is 102 Å². The first-order valence-corrected chi connectivity index (χ1v) is 9.64. The number of aromatic nitrogens is 1. The lowest BCUT2D eigenvalue weighted by Crippen LogP contribution is -2.32. The lowest BCUT2D eigenvalue weighted by atomic mass is 10.1. The van der Waals surface area contributed by atoms with E-state index >= 15 is 0 Å². The van der Waals surface area contributed by atoms with Crippen molar-refractivity contribution in [1.29, 1.82) is 0 Å². The number of rotatable bonds is 8. The number of ether oxygens (including phenoxy) is 2. The standard InChI is InChI=1S/C24H22N4O4/c1-31-20-9-8-19(22(15-20)32-2)14-21(27-23(29)18-6-4-3-5-7-18)24(30)28-26-16-17-10-12-25-13-11-17/h3-16H,1-2H3,(H,27,29)(H,28,30)/b21-14+,26-16+. The third-order valence-corrected chi connectivity index (χ3v) is 4.36. The average molecular weight is 430 g/mol. The zero-order valence-corrected chi connectivity index (χ0v) is 17.6. The molecule has 0 fully saturated rings. The summed E-state index contributed by atoms with van der Waals surface area (Å²) in [5, 5.41) is 6.61. The number of methoxy groups -OCH3 is 2. The molecule has 3 rings (SSSR count). The van der Waals surface area contributed by atoms with Crippen molar-refractivity contribution in [3.05, 3.63) is 95.4 Å². The Bertz CT molecular complexity index is 1130. The summed E-state index contributed by atoms with van der Waals surface area (Å²) in [6.07, 6.45) is 6.22. The van der Waals surface area contributed by atoms with Gasteiger partial charge in [-0.3, -0.25) is 14.6 Å². The van der Waals surface area contributed by atoms with E-state index in [9.17, 15) is 9.59 Å². The van der Waals surface area contributed by atoms with Gasteiger partial charge in [-0.2, -0.15) is 5.10 Å². The lowest BCUT2D eigenvalue weighted by Gasteiger charge is -2.11. The maximum Gasteiger partial charge on any atom is 0.287 e. The molecule has 1 heterocycles. The molecule has 162 valence electrons. The Balaban J connectivity index is 1.88. The van der Waals surface area contributed by atoms with Crippen LogP contribution in [0.25, 0.3) is 6.08 Å². The zero-order chi connectivity index (χ0) is 22.8. The number of hydrogen-bond donors (Lipinski definition) is 2. The van der Waals surface area contributed by atoms with Crippen LogP contribution in [0, 0.1) is 0 Å². The Hall–Kier alpha value is -4.46. The summed E-state index contributed by atoms with van der Waals surface area (Å²) in [4.78, 5) is 29.4. The minimum Gasteiger partial charge on any atom is -0.497 e. The molecule has 0 bridgehead atoms. The second kappa shape index (κ2) is 11.1. The summed E-state index contributed by atoms with van der Waals surface area (Å²) in [6, 6.07) is 17.2. The fraction of sp³-hybridized carbons (Fsp3) is 0.0833. The maximum atomic E-state index is 12.8. The highest BCUT2D eigenvalue weighted by atomic mass is 16.5. The molecule has 2 aromatic carbocycles. The molecule has 1 aromatic heterocycles. The van der Waals surface area contributed by atoms with Crippen LogP contribution in [0.5, 0.6) is 11.5 Å². The van der Waals surface area contributed by atoms with Gasteiger partial charge >= 0.3 is 0 Å². The summed E-state index contributed by atoms with van der Waals surface area (Å²) in [5.74, 6) is 0.0409. The molecule has 2 N–H and O–H groups in total. The predicted molar refractivity (Wildman–Crippen MR) is 121 cm³/mol. The molecule has 8 heteroatoms. The molecule has 0 spiro atoms. The molecule has 8 nitrogen and oxygen atoms in total. The largest absolute Gasteiger partial charge is 0.497 e. The van der Waals surface area contributed by atoms with Gasteiger partial charge in [0.25, 0.3) is 11.8 Å². The van der Waals surface area contributed by atoms with Gasteiger partial charge in [-0.1, -0.05) is 18.2 Å². The molecule has 3 aromatic rings. The van der Waals surface area contributed by atoms with Crippen LogP contribution in [-0.2, 0) is 4.79 Å². The van der Waals surface area contributed by atoms with Gasteiger partial charge in [0, 0.05) is 29.6 Å². The van der Waals surface area contributed by atoms with Gasteiger partial charge in [-0.15, -0.1) is 0 Å². The van der Waals surface area contributed by atoms with E-state index in [1.807, 2.05) is 0 Å². The Kier molecular flexibility index (Phi) is 7.69. The lowest BCUT2D eigenvalue weighted by molar-refractivity contribution is -0.117. The fourth-order valence-corrected chi connectivity index (χ4v) is 2.71. The van der Waals surface area contributed by atoms with Gasteiger partial charge in [-0.05, 0) is 48.0 Å². The molecule has 32 heavy (non-hydrogen) atoms. The molecule has 2 amide bonds. The van der Waals surface area contributed by atoms with Crippen molar-refractivity contribution in [2.75, 3.05) is 14.2 Å². The molecular formula is C24H22N4O4. The maximum absolute atomic E-state index is 12.8. The van der Waals surface area contributed by atoms with Crippen molar-refractivity contribution in [3.63, 3.8) is 0 Å². The third kappa shape index (κ3) is 6.02. The zero-order valence-electron chi connectivity index (χ0n) is 17.6. The van der Waals surface area contributed by atoms with Gasteiger partial charge in [0.05, 0.1) is 20.4 Å². The minimum atomic E-state index is -0.600. The summed E-state index contributed by atoms with van der Waals surface area (Å²) >= 11 is 0. The first-order valence-electron chi connectivity index (χ1n) is 9.64. The minimum absolute atomic E-state index is 0.00537. The first kappa shape index (κ1) is 22.2. The summed E-state index contributed by atoms with van der Waals surface area (Å²) < 4.78 is 10.6. The monoisotopic (exact) mass is 430 g/mol. The summed E-state index contributed by atoms with van der Waals surface area (Å²) in [5.41, 5.74) is 4.17. The van der Waals surface area contributed by atoms with Gasteiger partial charge in [0.15, 0.2) is 0 Å². The van der Waals surface area contributed by atoms with Crippen LogP contribution in [-0.4, -0.2) is 37.2 Å². The first-order chi connectivity index (χ1) is 15.6. The van der Waals surface area contributed by atoms with Gasteiger partial charge < -0.3 is 14.8 Å². The number of nitrogens with zero attached hydrogens (tertiary/aromatic N) is 2. The number of nitrogens with one attached hydrogen (secondary N) is 2. The SMILES string of the molecule is COc1ccc(/C=C(/NC(=O)c2ccccc2)C(=O)N/N=C/c2ccncc2)c(OC)c1. The van der Waals surface area contributed by atoms with Crippen LogP contribution >= 0.6 is 0 Å². The highest BCUT2D eigenvalue weighted by molar-refractivity contribution is 6.05. The number of carbonyl (C=O) groups excluding carboxylic acids is 2. The molecule has 0 saturated heterocycles. The predicted octanol–water partition coefficient (Wildman–Crippen LogP) is 3.02. The number of hydrogen-bond acceptors (Lipinski definition) is 6. The van der Waals surface area contributed by atoms with E-state index < -0.39 is 11.8 Å². The fourth-order valence-electron chi connectivity index (χ4n) is 2.71. The number of pyridine rings is 1. The molecule has 0 saturated carbocycles. The Morgan fingerprint density at radius 1 is 0.969 bits per heavy atom. The van der Waals surface area contributed by atoms with Crippen LogP contribution < -0.4 is 20.2 Å². The summed E-state index contributed by atoms with van der Waals surface area (Å²) in [6.45, 7) is 0. The van der Waals surface area contributed by atoms with Crippen LogP contribution in [0.3, 0.4) is 0 Å². The number of amides is 2. The van der Waals surface area contributed by atoms with E-state index in [0.29, 0.717) is 22.6 Å². The van der Waals surface area contributed by atoms with Crippen molar-refractivity contribution >= 4 is 24.1 Å². The van der Waals surface area contributed by atoms with Crippen molar-refractivity contribution < 1.29 is 19.1 Å². The number of carbonyl (C=O) groups is 2. The average Bonchev–Trinajstić information content (AvgIpc) is 2.84. The Morgan fingerprint density at radius 2 is 1.72 bits per heavy atom. The van der Waals surface area contributed by atoms with E-state index in [1.165, 1.54) is 19.4 Å². The van der Waals surface area contributed by atoms with E-state index in [0.717, 1.165) is 5.56 Å². The van der Waals surface area contributed by atoms with Gasteiger partial charge in [-0.25, -0.2) is 5.43 Å². The van der Waals surface area contributed by atoms with Crippen LogP contribution in [0.4, 0.5) is 0 Å². The van der Waals surface area contributed by atoms with E-state index in [-0.39, 0.29) is 5.70 Å². The van der Waals surface area contributed by atoms with Crippen molar-refractivity contribution in [1.82, 2.24) is 15.7 Å². The molecule has 0 aliphatic carbocycles. The number of hydrazone groups is 1. The van der Waals surface area contributed by atoms with Gasteiger partial charge in [0.1, 0.15) is 17.2 Å². The molecule has 0 unspecified atom stereocenters. The highest BCUT2D eigenvalue weighted by Gasteiger charge is 2.15. The molecule has 0 aliphatic heterocycles. The van der Waals surface area contributed by atoms with Crippen LogP contribution in [0.15, 0.2) is 83.9 Å². The van der Waals surface area contributed by atoms with Gasteiger partial charge in [0.2, 0.25) is 0 Å². The smallest absolute Gasteiger partial charge is 0.287 e. The Labute approximate surface area is 185 Å². The normalized spacial score (nSPS) is 11.1. The molecule has 0 radical (unpaired) electrons. The molecule has 0 atom stereocenters. The van der Waals surface area contributed by atoms with Crippen LogP contribution in [0.2, 0.25) is 0 Å². The van der Waals surface area contributed by atoms with Crippen molar-refractivity contribution in [3.8, 4) is 11.5 Å². The van der Waals surface area contributed by atoms with E-state index in [4.69, 9.17) is 9.47 Å².